The molecule has 0 atom stereocenters. The Hall–Kier alpha value is -2.49. The van der Waals surface area contributed by atoms with Crippen molar-refractivity contribution in [2.45, 2.75) is 45.8 Å². The first-order valence-corrected chi connectivity index (χ1v) is 8.45. The van der Waals surface area contributed by atoms with Gasteiger partial charge < -0.3 is 15.4 Å². The van der Waals surface area contributed by atoms with Crippen LogP contribution in [0.25, 0.3) is 0 Å². The van der Waals surface area contributed by atoms with Crippen molar-refractivity contribution >= 4 is 17.3 Å². The first-order chi connectivity index (χ1) is 11.5. The Morgan fingerprint density at radius 1 is 1.08 bits per heavy atom. The predicted molar refractivity (Wildman–Crippen MR) is 97.2 cm³/mol. The van der Waals surface area contributed by atoms with Gasteiger partial charge in [-0.2, -0.15) is 0 Å². The fourth-order valence-corrected chi connectivity index (χ4v) is 3.19. The van der Waals surface area contributed by atoms with Crippen molar-refractivity contribution in [3.05, 3.63) is 53.6 Å². The quantitative estimate of drug-likeness (QED) is 0.863. The molecule has 2 aromatic carbocycles. The molecule has 1 aliphatic rings. The number of hydrogen-bond acceptors (Lipinski definition) is 3. The molecule has 0 radical (unpaired) electrons. The highest BCUT2D eigenvalue weighted by atomic mass is 16.5. The van der Waals surface area contributed by atoms with Gasteiger partial charge in [-0.15, -0.1) is 0 Å². The molecular weight excluding hydrogens is 300 g/mol. The lowest BCUT2D eigenvalue weighted by Crippen LogP contribution is -2.55. The Balaban J connectivity index is 2.05. The van der Waals surface area contributed by atoms with E-state index in [0.717, 1.165) is 28.3 Å². The number of anilines is 2. The number of carbonyl (C=O) groups is 1. The molecule has 0 saturated heterocycles. The number of benzene rings is 2. The van der Waals surface area contributed by atoms with Crippen molar-refractivity contribution in [3.8, 4) is 5.75 Å². The van der Waals surface area contributed by atoms with E-state index in [1.165, 1.54) is 0 Å². The summed E-state index contributed by atoms with van der Waals surface area (Å²) in [7, 11) is 0. The average molecular weight is 324 g/mol. The Labute approximate surface area is 143 Å². The molecule has 3 rings (SSSR count). The minimum absolute atomic E-state index is 0.0284. The summed E-state index contributed by atoms with van der Waals surface area (Å²) in [4.78, 5) is 15.0. The van der Waals surface area contributed by atoms with Crippen LogP contribution in [0.5, 0.6) is 5.75 Å². The summed E-state index contributed by atoms with van der Waals surface area (Å²) in [5, 5.41) is 0. The van der Waals surface area contributed by atoms with Gasteiger partial charge in [0.05, 0.1) is 12.2 Å². The molecule has 24 heavy (non-hydrogen) atoms. The van der Waals surface area contributed by atoms with Gasteiger partial charge in [-0.25, -0.2) is 0 Å². The van der Waals surface area contributed by atoms with Crippen LogP contribution in [-0.2, 0) is 11.3 Å². The van der Waals surface area contributed by atoms with E-state index in [2.05, 4.69) is 0 Å². The minimum Gasteiger partial charge on any atom is -0.475 e. The number of hydrogen-bond donors (Lipinski definition) is 1. The van der Waals surface area contributed by atoms with E-state index in [-0.39, 0.29) is 5.91 Å². The first kappa shape index (κ1) is 16.4. The van der Waals surface area contributed by atoms with Crippen LogP contribution in [0.1, 0.15) is 37.8 Å². The van der Waals surface area contributed by atoms with E-state index in [4.69, 9.17) is 10.5 Å². The predicted octanol–water partition coefficient (Wildman–Crippen LogP) is 4.06. The van der Waals surface area contributed by atoms with Crippen molar-refractivity contribution in [1.29, 1.82) is 0 Å². The summed E-state index contributed by atoms with van der Waals surface area (Å²) in [6.07, 6.45) is 1.29. The molecule has 0 aliphatic carbocycles. The Kier molecular flexibility index (Phi) is 4.22. The number of nitrogen functional groups attached to an aromatic ring is 1. The van der Waals surface area contributed by atoms with Gasteiger partial charge in [0.1, 0.15) is 5.75 Å². The summed E-state index contributed by atoms with van der Waals surface area (Å²) >= 11 is 0. The van der Waals surface area contributed by atoms with Crippen LogP contribution in [0.15, 0.2) is 42.5 Å². The van der Waals surface area contributed by atoms with Crippen LogP contribution >= 0.6 is 0 Å². The van der Waals surface area contributed by atoms with Crippen LogP contribution in [0.2, 0.25) is 0 Å². The van der Waals surface area contributed by atoms with E-state index < -0.39 is 5.60 Å². The molecular formula is C20H24N2O2. The smallest absolute Gasteiger partial charge is 0.271 e. The average Bonchev–Trinajstić information content (AvgIpc) is 2.59. The van der Waals surface area contributed by atoms with Gasteiger partial charge in [0.2, 0.25) is 0 Å². The first-order valence-electron chi connectivity index (χ1n) is 8.45. The third kappa shape index (κ3) is 2.73. The number of carbonyl (C=O) groups excluding carboxylic acids is 1. The number of nitrogens with zero attached hydrogens (tertiary/aromatic N) is 1. The number of amides is 1. The molecule has 0 aromatic heterocycles. The lowest BCUT2D eigenvalue weighted by Gasteiger charge is -2.42. The maximum absolute atomic E-state index is 13.2. The molecule has 0 spiro atoms. The second-order valence-electron chi connectivity index (χ2n) is 6.41. The third-order valence-electron chi connectivity index (χ3n) is 4.81. The number of ether oxygens (including phenoxy) is 1. The monoisotopic (exact) mass is 324 g/mol. The molecule has 0 saturated carbocycles. The SMILES string of the molecule is CCC1(CC)Oc2cc(C)ccc2N(Cc2ccc(N)cc2)C1=O. The lowest BCUT2D eigenvalue weighted by atomic mass is 9.92. The summed E-state index contributed by atoms with van der Waals surface area (Å²) in [6.45, 7) is 6.55. The Morgan fingerprint density at radius 3 is 2.38 bits per heavy atom. The number of fused-ring (bicyclic) bond motifs is 1. The van der Waals surface area contributed by atoms with Gasteiger partial charge in [0, 0.05) is 5.69 Å². The van der Waals surface area contributed by atoms with Gasteiger partial charge in [0.15, 0.2) is 5.60 Å². The van der Waals surface area contributed by atoms with Crippen LogP contribution in [-0.4, -0.2) is 11.5 Å². The van der Waals surface area contributed by atoms with Crippen LogP contribution < -0.4 is 15.4 Å². The summed E-state index contributed by atoms with van der Waals surface area (Å²) < 4.78 is 6.19. The van der Waals surface area contributed by atoms with E-state index >= 15 is 0 Å². The van der Waals surface area contributed by atoms with Crippen LogP contribution in [0.3, 0.4) is 0 Å². The largest absolute Gasteiger partial charge is 0.475 e. The van der Waals surface area contributed by atoms with Gasteiger partial charge in [0.25, 0.3) is 5.91 Å². The molecule has 1 aliphatic heterocycles. The normalized spacial score (nSPS) is 15.8. The fourth-order valence-electron chi connectivity index (χ4n) is 3.19. The Bertz CT molecular complexity index is 749. The second kappa shape index (κ2) is 6.19. The summed E-state index contributed by atoms with van der Waals surface area (Å²) in [5.74, 6) is 0.814. The topological polar surface area (TPSA) is 55.6 Å². The Morgan fingerprint density at radius 2 is 1.75 bits per heavy atom. The van der Waals surface area contributed by atoms with Gasteiger partial charge in [-0.05, 0) is 55.2 Å². The van der Waals surface area contributed by atoms with Crippen molar-refractivity contribution < 1.29 is 9.53 Å². The molecule has 1 heterocycles. The molecule has 0 unspecified atom stereocenters. The molecule has 0 fully saturated rings. The number of aryl methyl sites for hydroxylation is 1. The highest BCUT2D eigenvalue weighted by Gasteiger charge is 2.45. The van der Waals surface area contributed by atoms with Crippen molar-refractivity contribution in [2.75, 3.05) is 10.6 Å². The highest BCUT2D eigenvalue weighted by Crippen LogP contribution is 2.41. The molecule has 126 valence electrons. The van der Waals surface area contributed by atoms with Crippen LogP contribution in [0.4, 0.5) is 11.4 Å². The number of nitrogens with two attached hydrogens (primary N) is 1. The van der Waals surface area contributed by atoms with Gasteiger partial charge >= 0.3 is 0 Å². The minimum atomic E-state index is -0.783. The van der Waals surface area contributed by atoms with Gasteiger partial charge in [-0.1, -0.05) is 32.0 Å². The maximum Gasteiger partial charge on any atom is 0.271 e. The summed E-state index contributed by atoms with van der Waals surface area (Å²) in [6, 6.07) is 13.6. The zero-order valence-corrected chi connectivity index (χ0v) is 14.5. The van der Waals surface area contributed by atoms with Crippen LogP contribution in [0, 0.1) is 6.92 Å². The maximum atomic E-state index is 13.2. The van der Waals surface area contributed by atoms with Crippen molar-refractivity contribution in [3.63, 3.8) is 0 Å². The molecule has 0 bridgehead atoms. The zero-order chi connectivity index (χ0) is 17.3. The van der Waals surface area contributed by atoms with Crippen molar-refractivity contribution in [2.24, 2.45) is 0 Å². The highest BCUT2D eigenvalue weighted by molar-refractivity contribution is 6.02. The molecule has 2 aromatic rings. The number of rotatable bonds is 4. The summed E-state index contributed by atoms with van der Waals surface area (Å²) in [5.41, 5.74) is 8.71. The molecule has 4 heteroatoms. The fraction of sp³-hybridized carbons (Fsp3) is 0.350. The van der Waals surface area contributed by atoms with Gasteiger partial charge in [-0.3, -0.25) is 4.79 Å². The molecule has 2 N–H and O–H groups in total. The zero-order valence-electron chi connectivity index (χ0n) is 14.5. The molecule has 1 amide bonds. The third-order valence-corrected chi connectivity index (χ3v) is 4.81. The van der Waals surface area contributed by atoms with E-state index in [9.17, 15) is 4.79 Å². The van der Waals surface area contributed by atoms with E-state index in [1.807, 2.05) is 68.1 Å². The lowest BCUT2D eigenvalue weighted by molar-refractivity contribution is -0.136. The van der Waals surface area contributed by atoms with Crippen molar-refractivity contribution in [1.82, 2.24) is 0 Å². The standard InChI is InChI=1S/C20H24N2O2/c1-4-20(5-2)19(23)22(13-15-7-9-16(21)10-8-15)17-11-6-14(3)12-18(17)24-20/h6-12H,4-5,13,21H2,1-3H3. The van der Waals surface area contributed by atoms with E-state index in [0.29, 0.717) is 19.4 Å². The molecule has 4 nitrogen and oxygen atoms in total. The second-order valence-corrected chi connectivity index (χ2v) is 6.41. The van der Waals surface area contributed by atoms with E-state index in [1.54, 1.807) is 0 Å².